The molecule has 1 heterocycles. The molecule has 1 aliphatic carbocycles. The van der Waals surface area contributed by atoms with Crippen molar-refractivity contribution in [2.45, 2.75) is 45.1 Å². The van der Waals surface area contributed by atoms with E-state index in [-0.39, 0.29) is 0 Å². The van der Waals surface area contributed by atoms with Crippen molar-refractivity contribution in [3.63, 3.8) is 0 Å². The van der Waals surface area contributed by atoms with Gasteiger partial charge in [-0.2, -0.15) is 0 Å². The van der Waals surface area contributed by atoms with E-state index >= 15 is 0 Å². The number of nitrogens with one attached hydrogen (secondary N) is 1. The van der Waals surface area contributed by atoms with E-state index in [2.05, 4.69) is 48.0 Å². The normalized spacial score (nSPS) is 15.2. The summed E-state index contributed by atoms with van der Waals surface area (Å²) >= 11 is 1.86. The maximum absolute atomic E-state index is 3.72. The van der Waals surface area contributed by atoms with Crippen LogP contribution in [0.2, 0.25) is 0 Å². The maximum Gasteiger partial charge on any atom is 0.0368 e. The average Bonchev–Trinajstić information content (AvgIpc) is 3.13. The Morgan fingerprint density at radius 2 is 2.10 bits per heavy atom. The summed E-state index contributed by atoms with van der Waals surface area (Å²) in [5.74, 6) is 0. The molecule has 0 fully saturated rings. The predicted molar refractivity (Wildman–Crippen MR) is 87.5 cm³/mol. The van der Waals surface area contributed by atoms with Crippen molar-refractivity contribution in [3.05, 3.63) is 57.3 Å². The van der Waals surface area contributed by atoms with Crippen molar-refractivity contribution in [1.82, 2.24) is 5.32 Å². The molecule has 1 N–H and O–H groups in total. The van der Waals surface area contributed by atoms with Crippen LogP contribution in [0.25, 0.3) is 0 Å². The summed E-state index contributed by atoms with van der Waals surface area (Å²) in [4.78, 5) is 1.47. The van der Waals surface area contributed by atoms with E-state index in [1.165, 1.54) is 36.1 Å². The van der Waals surface area contributed by atoms with Crippen molar-refractivity contribution in [2.24, 2.45) is 0 Å². The summed E-state index contributed by atoms with van der Waals surface area (Å²) in [7, 11) is 0. The Morgan fingerprint density at radius 3 is 2.90 bits per heavy atom. The highest BCUT2D eigenvalue weighted by atomic mass is 32.1. The quantitative estimate of drug-likeness (QED) is 0.823. The zero-order valence-electron chi connectivity index (χ0n) is 12.2. The molecule has 1 atom stereocenters. The second kappa shape index (κ2) is 6.55. The van der Waals surface area contributed by atoms with Gasteiger partial charge in [0.15, 0.2) is 0 Å². The van der Waals surface area contributed by atoms with Gasteiger partial charge in [-0.15, -0.1) is 11.3 Å². The van der Waals surface area contributed by atoms with Crippen LogP contribution in [0.5, 0.6) is 0 Å². The molecule has 1 nitrogen and oxygen atoms in total. The van der Waals surface area contributed by atoms with Crippen molar-refractivity contribution in [2.75, 3.05) is 6.54 Å². The largest absolute Gasteiger partial charge is 0.310 e. The molecule has 2 heteroatoms. The Morgan fingerprint density at radius 1 is 1.20 bits per heavy atom. The Hall–Kier alpha value is -1.12. The first-order valence-electron chi connectivity index (χ1n) is 7.74. The molecule has 1 aromatic heterocycles. The number of fused-ring (bicyclic) bond motifs is 1. The molecule has 2 aromatic rings. The van der Waals surface area contributed by atoms with Gasteiger partial charge in [0, 0.05) is 17.3 Å². The summed E-state index contributed by atoms with van der Waals surface area (Å²) in [6.07, 6.45) is 6.16. The van der Waals surface area contributed by atoms with Gasteiger partial charge >= 0.3 is 0 Å². The van der Waals surface area contributed by atoms with Crippen LogP contribution in [0.1, 0.15) is 47.4 Å². The number of rotatable bonds is 6. The minimum atomic E-state index is 0.458. The summed E-state index contributed by atoms with van der Waals surface area (Å²) < 4.78 is 0. The minimum absolute atomic E-state index is 0.458. The molecule has 0 spiro atoms. The van der Waals surface area contributed by atoms with Crippen LogP contribution in [-0.2, 0) is 19.3 Å². The third-order valence-corrected chi connectivity index (χ3v) is 5.05. The molecule has 106 valence electrons. The zero-order valence-corrected chi connectivity index (χ0v) is 13.0. The van der Waals surface area contributed by atoms with E-state index in [1.54, 1.807) is 11.1 Å². The Kier molecular flexibility index (Phi) is 4.54. The van der Waals surface area contributed by atoms with Crippen LogP contribution in [0, 0.1) is 0 Å². The van der Waals surface area contributed by atoms with Gasteiger partial charge in [-0.05, 0) is 60.4 Å². The second-order valence-electron chi connectivity index (χ2n) is 5.67. The first kappa shape index (κ1) is 13.8. The highest BCUT2D eigenvalue weighted by Crippen LogP contribution is 2.27. The van der Waals surface area contributed by atoms with Gasteiger partial charge in [-0.1, -0.05) is 31.2 Å². The second-order valence-corrected chi connectivity index (χ2v) is 6.70. The monoisotopic (exact) mass is 285 g/mol. The van der Waals surface area contributed by atoms with Gasteiger partial charge in [-0.25, -0.2) is 0 Å². The highest BCUT2D eigenvalue weighted by molar-refractivity contribution is 7.09. The molecule has 0 saturated heterocycles. The first-order chi connectivity index (χ1) is 9.86. The molecule has 1 unspecified atom stereocenters. The Labute approximate surface area is 126 Å². The molecule has 0 amide bonds. The Bertz CT molecular complexity index is 545. The fourth-order valence-corrected chi connectivity index (χ4v) is 3.82. The lowest BCUT2D eigenvalue weighted by Crippen LogP contribution is -2.24. The van der Waals surface area contributed by atoms with Crippen molar-refractivity contribution < 1.29 is 0 Å². The third kappa shape index (κ3) is 3.13. The molecular formula is C18H23NS. The molecule has 0 bridgehead atoms. The molecule has 0 aliphatic heterocycles. The van der Waals surface area contributed by atoms with E-state index in [4.69, 9.17) is 0 Å². The minimum Gasteiger partial charge on any atom is -0.310 e. The summed E-state index contributed by atoms with van der Waals surface area (Å²) in [6.45, 7) is 3.32. The van der Waals surface area contributed by atoms with Gasteiger partial charge in [0.1, 0.15) is 0 Å². The standard InChI is InChI=1S/C18H23NS/c1-2-10-19-18(13-17-7-4-11-20-17)16-9-8-14-5-3-6-15(14)12-16/h4,7-9,11-12,18-19H,2-3,5-6,10,13H2,1H3. The highest BCUT2D eigenvalue weighted by Gasteiger charge is 2.16. The fourth-order valence-electron chi connectivity index (χ4n) is 3.06. The smallest absolute Gasteiger partial charge is 0.0368 e. The summed E-state index contributed by atoms with van der Waals surface area (Å²) in [6, 6.07) is 12.0. The lowest BCUT2D eigenvalue weighted by Gasteiger charge is -2.19. The number of benzene rings is 1. The molecule has 3 rings (SSSR count). The van der Waals surface area contributed by atoms with Crippen LogP contribution in [0.4, 0.5) is 0 Å². The lowest BCUT2D eigenvalue weighted by molar-refractivity contribution is 0.532. The van der Waals surface area contributed by atoms with Gasteiger partial charge in [0.25, 0.3) is 0 Å². The third-order valence-electron chi connectivity index (χ3n) is 4.15. The van der Waals surface area contributed by atoms with E-state index < -0.39 is 0 Å². The molecule has 1 aromatic carbocycles. The SMILES string of the molecule is CCCNC(Cc1cccs1)c1ccc2c(c1)CCC2. The molecule has 0 saturated carbocycles. The Balaban J connectivity index is 1.80. The number of hydrogen-bond donors (Lipinski definition) is 1. The fraction of sp³-hybridized carbons (Fsp3) is 0.444. The van der Waals surface area contributed by atoms with Gasteiger partial charge in [0.05, 0.1) is 0 Å². The van der Waals surface area contributed by atoms with Crippen molar-refractivity contribution in [3.8, 4) is 0 Å². The van der Waals surface area contributed by atoms with Crippen LogP contribution in [0.3, 0.4) is 0 Å². The van der Waals surface area contributed by atoms with E-state index in [9.17, 15) is 0 Å². The molecule has 1 aliphatic rings. The van der Waals surface area contributed by atoms with E-state index in [0.717, 1.165) is 13.0 Å². The van der Waals surface area contributed by atoms with E-state index in [1.807, 2.05) is 11.3 Å². The predicted octanol–water partition coefficient (Wildman–Crippen LogP) is 4.52. The van der Waals surface area contributed by atoms with Crippen LogP contribution < -0.4 is 5.32 Å². The van der Waals surface area contributed by atoms with Crippen molar-refractivity contribution in [1.29, 1.82) is 0 Å². The summed E-state index contributed by atoms with van der Waals surface area (Å²) in [5.41, 5.74) is 4.61. The zero-order chi connectivity index (χ0) is 13.8. The van der Waals surface area contributed by atoms with Gasteiger partial charge < -0.3 is 5.32 Å². The van der Waals surface area contributed by atoms with Crippen LogP contribution in [0.15, 0.2) is 35.7 Å². The van der Waals surface area contributed by atoms with Gasteiger partial charge in [0.2, 0.25) is 0 Å². The maximum atomic E-state index is 3.72. The first-order valence-corrected chi connectivity index (χ1v) is 8.62. The topological polar surface area (TPSA) is 12.0 Å². The van der Waals surface area contributed by atoms with Gasteiger partial charge in [-0.3, -0.25) is 0 Å². The van der Waals surface area contributed by atoms with E-state index in [0.29, 0.717) is 6.04 Å². The van der Waals surface area contributed by atoms with Crippen molar-refractivity contribution >= 4 is 11.3 Å². The molecule has 20 heavy (non-hydrogen) atoms. The summed E-state index contributed by atoms with van der Waals surface area (Å²) in [5, 5.41) is 5.90. The molecule has 0 radical (unpaired) electrons. The number of hydrogen-bond acceptors (Lipinski definition) is 2. The average molecular weight is 285 g/mol. The molecular weight excluding hydrogens is 262 g/mol. The number of aryl methyl sites for hydroxylation is 2. The number of thiophene rings is 1. The van der Waals surface area contributed by atoms with Crippen LogP contribution >= 0.6 is 11.3 Å². The van der Waals surface area contributed by atoms with Crippen LogP contribution in [-0.4, -0.2) is 6.54 Å². The lowest BCUT2D eigenvalue weighted by atomic mass is 9.98.